The number of rotatable bonds is 5. The number of amidine groups is 1. The highest BCUT2D eigenvalue weighted by Crippen LogP contribution is 2.50. The molecule has 35 heavy (non-hydrogen) atoms. The first-order chi connectivity index (χ1) is 16.8. The fourth-order valence-corrected chi connectivity index (χ4v) is 6.66. The molecule has 3 aromatic rings. The van der Waals surface area contributed by atoms with Gasteiger partial charge in [0.2, 0.25) is 10.0 Å². The van der Waals surface area contributed by atoms with Gasteiger partial charge in [-0.2, -0.15) is 0 Å². The van der Waals surface area contributed by atoms with Crippen LogP contribution in [0.3, 0.4) is 0 Å². The Morgan fingerprint density at radius 2 is 1.60 bits per heavy atom. The molecule has 0 radical (unpaired) electrons. The number of thioether (sulfide) groups is 2. The second-order valence-electron chi connectivity index (χ2n) is 8.06. The molecule has 1 saturated heterocycles. The van der Waals surface area contributed by atoms with Crippen LogP contribution in [0.1, 0.15) is 5.56 Å². The fourth-order valence-electron chi connectivity index (χ4n) is 3.75. The van der Waals surface area contributed by atoms with Gasteiger partial charge < -0.3 is 4.90 Å². The van der Waals surface area contributed by atoms with Crippen LogP contribution < -0.4 is 9.62 Å². The van der Waals surface area contributed by atoms with Crippen molar-refractivity contribution in [1.29, 1.82) is 0 Å². The number of aliphatic imine (C=N–C) groups is 1. The predicted octanol–water partition coefficient (Wildman–Crippen LogP) is 5.23. The minimum atomic E-state index is -3.36. The van der Waals surface area contributed by atoms with Crippen molar-refractivity contribution < 1.29 is 13.2 Å². The normalized spacial score (nSPS) is 18.9. The molecule has 1 amide bonds. The van der Waals surface area contributed by atoms with Crippen LogP contribution in [0.2, 0.25) is 0 Å². The molecular formula is C25H22N4O3S3. The summed E-state index contributed by atoms with van der Waals surface area (Å²) < 4.78 is 25.4. The van der Waals surface area contributed by atoms with E-state index in [4.69, 9.17) is 4.99 Å². The summed E-state index contributed by atoms with van der Waals surface area (Å²) in [6, 6.07) is 24.6. The van der Waals surface area contributed by atoms with Gasteiger partial charge in [0.15, 0.2) is 5.17 Å². The highest BCUT2D eigenvalue weighted by atomic mass is 32.2. The summed E-state index contributed by atoms with van der Waals surface area (Å²) in [7, 11) is -1.39. The van der Waals surface area contributed by atoms with Crippen molar-refractivity contribution in [1.82, 2.24) is 4.90 Å². The largest absolute Gasteiger partial charge is 0.337 e. The van der Waals surface area contributed by atoms with E-state index in [1.165, 1.54) is 11.8 Å². The van der Waals surface area contributed by atoms with Crippen molar-refractivity contribution in [2.24, 2.45) is 4.99 Å². The highest BCUT2D eigenvalue weighted by molar-refractivity contribution is 8.19. The number of carbonyl (C=O) groups excluding carboxylic acids is 1. The molecule has 3 aromatic carbocycles. The van der Waals surface area contributed by atoms with Crippen LogP contribution in [0.5, 0.6) is 0 Å². The van der Waals surface area contributed by atoms with Gasteiger partial charge in [0.25, 0.3) is 5.91 Å². The van der Waals surface area contributed by atoms with E-state index in [0.29, 0.717) is 28.0 Å². The zero-order valence-corrected chi connectivity index (χ0v) is 21.5. The monoisotopic (exact) mass is 522 g/mol. The maximum absolute atomic E-state index is 13.7. The number of nitrogens with one attached hydrogen (secondary N) is 1. The molecule has 0 aliphatic carbocycles. The molecule has 5 rings (SSSR count). The number of amides is 1. The molecule has 7 nitrogen and oxygen atoms in total. The molecule has 0 bridgehead atoms. The lowest BCUT2D eigenvalue weighted by atomic mass is 10.2. The lowest BCUT2D eigenvalue weighted by Gasteiger charge is -2.17. The van der Waals surface area contributed by atoms with Gasteiger partial charge in [-0.15, -0.1) is 0 Å². The lowest BCUT2D eigenvalue weighted by Crippen LogP contribution is -2.29. The fraction of sp³-hybridized carbons (Fsp3) is 0.120. The van der Waals surface area contributed by atoms with E-state index < -0.39 is 10.0 Å². The molecule has 2 aliphatic heterocycles. The Morgan fingerprint density at radius 1 is 0.914 bits per heavy atom. The third kappa shape index (κ3) is 5.09. The minimum Gasteiger partial charge on any atom is -0.337 e. The smallest absolute Gasteiger partial charge is 0.269 e. The van der Waals surface area contributed by atoms with E-state index in [2.05, 4.69) is 15.7 Å². The van der Waals surface area contributed by atoms with Gasteiger partial charge in [-0.05, 0) is 53.7 Å². The number of hydrogen-bond donors (Lipinski definition) is 1. The highest BCUT2D eigenvalue weighted by Gasteiger charge is 2.39. The Hall–Kier alpha value is -3.21. The summed E-state index contributed by atoms with van der Waals surface area (Å²) in [6.07, 6.45) is 1.11. The average Bonchev–Trinajstić information content (AvgIpc) is 3.32. The first kappa shape index (κ1) is 23.5. The van der Waals surface area contributed by atoms with Crippen molar-refractivity contribution in [2.75, 3.05) is 22.9 Å². The SMILES string of the molecule is CN1/C(=C2/SC(=Nc3ccc(NS(C)(=O)=O)cc3)N(Cc3ccccc3)C2=O)Sc2ccccc21. The summed E-state index contributed by atoms with van der Waals surface area (Å²) in [4.78, 5) is 23.9. The van der Waals surface area contributed by atoms with Crippen molar-refractivity contribution in [3.8, 4) is 0 Å². The average molecular weight is 523 g/mol. The van der Waals surface area contributed by atoms with E-state index in [9.17, 15) is 13.2 Å². The van der Waals surface area contributed by atoms with Crippen molar-refractivity contribution in [3.63, 3.8) is 0 Å². The maximum atomic E-state index is 13.7. The van der Waals surface area contributed by atoms with Crippen molar-refractivity contribution in [3.05, 3.63) is 94.4 Å². The number of sulfonamides is 1. The van der Waals surface area contributed by atoms with Gasteiger partial charge in [0.1, 0.15) is 4.91 Å². The molecule has 0 aromatic heterocycles. The molecule has 2 heterocycles. The molecule has 2 aliphatic rings. The number of nitrogens with zero attached hydrogens (tertiary/aromatic N) is 3. The standard InChI is InChI=1S/C25H22N4O3S3/c1-28-20-10-6-7-11-21(20)33-24(28)22-23(30)29(16-17-8-4-3-5-9-17)25(34-22)26-18-12-14-19(15-13-18)27-35(2,31)32/h3-15,27H,16H2,1-2H3/b24-22-,26-25?. The molecule has 0 unspecified atom stereocenters. The van der Waals surface area contributed by atoms with Gasteiger partial charge in [-0.3, -0.25) is 14.4 Å². The van der Waals surface area contributed by atoms with E-state index in [1.54, 1.807) is 40.9 Å². The number of benzene rings is 3. The molecular weight excluding hydrogens is 501 g/mol. The number of anilines is 2. The molecule has 0 spiro atoms. The summed E-state index contributed by atoms with van der Waals surface area (Å²) in [5.74, 6) is -0.0878. The van der Waals surface area contributed by atoms with Crippen LogP contribution in [-0.4, -0.2) is 37.7 Å². The first-order valence-corrected chi connectivity index (χ1v) is 14.3. The zero-order valence-electron chi connectivity index (χ0n) is 19.0. The lowest BCUT2D eigenvalue weighted by molar-refractivity contribution is -0.122. The second-order valence-corrected chi connectivity index (χ2v) is 11.8. The summed E-state index contributed by atoms with van der Waals surface area (Å²) in [5.41, 5.74) is 3.16. The second kappa shape index (κ2) is 9.44. The molecule has 0 atom stereocenters. The van der Waals surface area contributed by atoms with Gasteiger partial charge >= 0.3 is 0 Å². The van der Waals surface area contributed by atoms with Crippen molar-refractivity contribution in [2.45, 2.75) is 11.4 Å². The van der Waals surface area contributed by atoms with Crippen LogP contribution in [0.4, 0.5) is 17.1 Å². The van der Waals surface area contributed by atoms with E-state index >= 15 is 0 Å². The Labute approximate surface area is 213 Å². The van der Waals surface area contributed by atoms with Crippen LogP contribution in [0.15, 0.2) is 98.7 Å². The van der Waals surface area contributed by atoms with Gasteiger partial charge in [-0.1, -0.05) is 54.2 Å². The number of fused-ring (bicyclic) bond motifs is 1. The van der Waals surface area contributed by atoms with E-state index in [0.717, 1.165) is 27.4 Å². The zero-order chi connectivity index (χ0) is 24.6. The Kier molecular flexibility index (Phi) is 6.35. The predicted molar refractivity (Wildman–Crippen MR) is 144 cm³/mol. The number of hydrogen-bond acceptors (Lipinski definition) is 7. The van der Waals surface area contributed by atoms with Crippen LogP contribution in [-0.2, 0) is 21.4 Å². The van der Waals surface area contributed by atoms with Crippen LogP contribution in [0, 0.1) is 0 Å². The quantitative estimate of drug-likeness (QED) is 0.462. The molecule has 0 saturated carbocycles. The maximum Gasteiger partial charge on any atom is 0.269 e. The van der Waals surface area contributed by atoms with Crippen LogP contribution >= 0.6 is 23.5 Å². The van der Waals surface area contributed by atoms with Gasteiger partial charge in [0.05, 0.1) is 29.2 Å². The minimum absolute atomic E-state index is 0.0878. The third-order valence-corrected chi connectivity index (χ3v) is 8.41. The van der Waals surface area contributed by atoms with E-state index in [1.807, 2.05) is 55.6 Å². The Morgan fingerprint density at radius 3 is 2.29 bits per heavy atom. The number of para-hydroxylation sites is 1. The summed E-state index contributed by atoms with van der Waals surface area (Å²) in [5, 5.41) is 1.47. The van der Waals surface area contributed by atoms with E-state index in [-0.39, 0.29) is 5.91 Å². The Balaban J connectivity index is 1.50. The Bertz CT molecular complexity index is 1450. The molecule has 10 heteroatoms. The molecule has 178 valence electrons. The van der Waals surface area contributed by atoms with Gasteiger partial charge in [-0.25, -0.2) is 13.4 Å². The topological polar surface area (TPSA) is 82.1 Å². The summed E-state index contributed by atoms with van der Waals surface area (Å²) >= 11 is 2.95. The first-order valence-electron chi connectivity index (χ1n) is 10.7. The number of carbonyl (C=O) groups is 1. The van der Waals surface area contributed by atoms with Gasteiger partial charge in [0, 0.05) is 17.6 Å². The molecule has 1 N–H and O–H groups in total. The molecule has 1 fully saturated rings. The third-order valence-electron chi connectivity index (χ3n) is 5.37. The summed E-state index contributed by atoms with van der Waals surface area (Å²) in [6.45, 7) is 0.400. The van der Waals surface area contributed by atoms with Crippen molar-refractivity contribution >= 4 is 61.7 Å². The van der Waals surface area contributed by atoms with Crippen LogP contribution in [0.25, 0.3) is 0 Å².